The summed E-state index contributed by atoms with van der Waals surface area (Å²) in [7, 11) is -9.05. The molecule has 2 aromatic carbocycles. The lowest BCUT2D eigenvalue weighted by atomic mass is 9.84. The normalized spacial score (nSPS) is 15.3. The van der Waals surface area contributed by atoms with Crippen LogP contribution in [0.25, 0.3) is 0 Å². The molecule has 0 aliphatic carbocycles. The van der Waals surface area contributed by atoms with Gasteiger partial charge >= 0.3 is 0 Å². The van der Waals surface area contributed by atoms with Crippen LogP contribution in [-0.2, 0) is 20.2 Å². The Kier molecular flexibility index (Phi) is 9.09. The van der Waals surface area contributed by atoms with Crippen LogP contribution in [0.15, 0.2) is 52.3 Å². The van der Waals surface area contributed by atoms with Gasteiger partial charge in [-0.1, -0.05) is 46.8 Å². The Balaban J connectivity index is 2.26. The maximum Gasteiger partial charge on any atom is 0.298 e. The van der Waals surface area contributed by atoms with Gasteiger partial charge in [-0.05, 0) is 72.8 Å². The Labute approximate surface area is 197 Å². The van der Waals surface area contributed by atoms with Crippen LogP contribution in [0.4, 0.5) is 0 Å². The molecule has 0 saturated carbocycles. The molecule has 2 rings (SSSR count). The predicted octanol–water partition coefficient (Wildman–Crippen LogP) is 6.17. The van der Waals surface area contributed by atoms with Crippen LogP contribution < -0.4 is 4.74 Å². The Morgan fingerprint density at radius 1 is 0.788 bits per heavy atom. The molecule has 0 fully saturated rings. The van der Waals surface area contributed by atoms with E-state index in [2.05, 4.69) is 27.7 Å². The molecular weight excluding hydrogens is 464 g/mol. The van der Waals surface area contributed by atoms with E-state index in [-0.39, 0.29) is 22.3 Å². The molecule has 0 amide bonds. The zero-order valence-electron chi connectivity index (χ0n) is 19.7. The first kappa shape index (κ1) is 27.3. The highest BCUT2D eigenvalue weighted by atomic mass is 32.2. The number of rotatable bonds is 11. The molecule has 0 spiro atoms. The lowest BCUT2D eigenvalue weighted by Crippen LogP contribution is -2.10. The van der Waals surface area contributed by atoms with Gasteiger partial charge in [0.2, 0.25) is 0 Å². The summed E-state index contributed by atoms with van der Waals surface area (Å²) in [6.07, 6.45) is 3.11. The smallest absolute Gasteiger partial charge is 0.298 e. The fraction of sp³-hybridized carbons (Fsp3) is 0.500. The third kappa shape index (κ3) is 8.41. The van der Waals surface area contributed by atoms with Crippen molar-refractivity contribution < 1.29 is 30.7 Å². The molecular formula is C24H34O7S2. The highest BCUT2D eigenvalue weighted by Gasteiger charge is 2.22. The second-order valence-corrected chi connectivity index (χ2v) is 12.3. The lowest BCUT2D eigenvalue weighted by molar-refractivity contribution is 0.333. The summed E-state index contributed by atoms with van der Waals surface area (Å²) in [6, 6.07) is 9.60. The average Bonchev–Trinajstić information content (AvgIpc) is 2.66. The summed E-state index contributed by atoms with van der Waals surface area (Å²) in [4.78, 5) is -0.788. The third-order valence-electron chi connectivity index (χ3n) is 5.58. The van der Waals surface area contributed by atoms with E-state index >= 15 is 0 Å². The van der Waals surface area contributed by atoms with E-state index in [0.29, 0.717) is 17.8 Å². The molecule has 184 valence electrons. The molecule has 0 aromatic heterocycles. The number of hydrogen-bond donors (Lipinski definition) is 2. The van der Waals surface area contributed by atoms with Gasteiger partial charge in [0, 0.05) is 6.07 Å². The van der Waals surface area contributed by atoms with Crippen LogP contribution in [0.5, 0.6) is 11.5 Å². The Bertz CT molecular complexity index is 1160. The molecule has 33 heavy (non-hydrogen) atoms. The van der Waals surface area contributed by atoms with Gasteiger partial charge in [-0.15, -0.1) is 0 Å². The molecule has 0 heterocycles. The van der Waals surface area contributed by atoms with Gasteiger partial charge in [-0.25, -0.2) is 0 Å². The zero-order valence-corrected chi connectivity index (χ0v) is 21.4. The minimum absolute atomic E-state index is 0.00332. The monoisotopic (exact) mass is 498 g/mol. The predicted molar refractivity (Wildman–Crippen MR) is 128 cm³/mol. The van der Waals surface area contributed by atoms with Gasteiger partial charge in [-0.3, -0.25) is 9.11 Å². The summed E-state index contributed by atoms with van der Waals surface area (Å²) < 4.78 is 71.4. The van der Waals surface area contributed by atoms with Gasteiger partial charge < -0.3 is 4.74 Å². The van der Waals surface area contributed by atoms with Crippen LogP contribution in [-0.4, -0.2) is 25.9 Å². The third-order valence-corrected chi connectivity index (χ3v) is 7.30. The van der Waals surface area contributed by atoms with Gasteiger partial charge in [0.15, 0.2) is 0 Å². The Hall–Kier alpha value is -1.94. The quantitative estimate of drug-likeness (QED) is 0.355. The summed E-state index contributed by atoms with van der Waals surface area (Å²) in [5.41, 5.74) is 0.755. The number of benzene rings is 2. The van der Waals surface area contributed by atoms with Crippen molar-refractivity contribution in [2.24, 2.45) is 17.8 Å². The van der Waals surface area contributed by atoms with Crippen LogP contribution in [0.2, 0.25) is 0 Å². The summed E-state index contributed by atoms with van der Waals surface area (Å²) >= 11 is 0. The average molecular weight is 499 g/mol. The largest absolute Gasteiger partial charge is 0.456 e. The summed E-state index contributed by atoms with van der Waals surface area (Å²) in [5, 5.41) is 0. The van der Waals surface area contributed by atoms with Gasteiger partial charge in [-0.2, -0.15) is 16.8 Å². The first-order chi connectivity index (χ1) is 15.2. The molecule has 0 radical (unpaired) electrons. The van der Waals surface area contributed by atoms with E-state index in [1.807, 2.05) is 6.92 Å². The van der Waals surface area contributed by atoms with E-state index in [9.17, 15) is 25.9 Å². The molecule has 0 saturated heterocycles. The topological polar surface area (TPSA) is 118 Å². The minimum Gasteiger partial charge on any atom is -0.456 e. The highest BCUT2D eigenvalue weighted by molar-refractivity contribution is 7.86. The standard InChI is InChI=1S/C24H34O7S2/c1-16(2)11-17(3)12-18(4)13-19(5)20-9-10-23(24(14-20)33(28,29)30)31-21-7-6-8-22(15-21)32(25,26)27/h6-10,14-19H,11-13H2,1-5H3,(H,25,26,27)(H,28,29,30). The van der Waals surface area contributed by atoms with E-state index < -0.39 is 25.1 Å². The van der Waals surface area contributed by atoms with Gasteiger partial charge in [0.25, 0.3) is 20.2 Å². The first-order valence-electron chi connectivity index (χ1n) is 11.0. The fourth-order valence-electron chi connectivity index (χ4n) is 4.37. The molecule has 3 unspecified atom stereocenters. The van der Waals surface area contributed by atoms with Crippen molar-refractivity contribution in [3.63, 3.8) is 0 Å². The second-order valence-electron chi connectivity index (χ2n) is 9.45. The zero-order chi connectivity index (χ0) is 25.0. The van der Waals surface area contributed by atoms with Crippen molar-refractivity contribution >= 4 is 20.2 Å². The van der Waals surface area contributed by atoms with E-state index in [0.717, 1.165) is 30.9 Å². The maximum atomic E-state index is 12.1. The van der Waals surface area contributed by atoms with Crippen molar-refractivity contribution in [1.29, 1.82) is 0 Å². The Morgan fingerprint density at radius 3 is 2.00 bits per heavy atom. The molecule has 2 aromatic rings. The van der Waals surface area contributed by atoms with Crippen LogP contribution in [0.3, 0.4) is 0 Å². The van der Waals surface area contributed by atoms with E-state index in [1.165, 1.54) is 30.3 Å². The van der Waals surface area contributed by atoms with Crippen LogP contribution in [0.1, 0.15) is 65.4 Å². The molecule has 0 aliphatic rings. The number of hydrogen-bond acceptors (Lipinski definition) is 5. The van der Waals surface area contributed by atoms with Crippen molar-refractivity contribution in [2.45, 2.75) is 69.6 Å². The van der Waals surface area contributed by atoms with Crippen molar-refractivity contribution in [1.82, 2.24) is 0 Å². The second kappa shape index (κ2) is 11.0. The lowest BCUT2D eigenvalue weighted by Gasteiger charge is -2.22. The van der Waals surface area contributed by atoms with Crippen molar-refractivity contribution in [2.75, 3.05) is 0 Å². The van der Waals surface area contributed by atoms with Crippen molar-refractivity contribution in [3.8, 4) is 11.5 Å². The summed E-state index contributed by atoms with van der Waals surface area (Å²) in [6.45, 7) is 10.9. The minimum atomic E-state index is -4.60. The molecule has 9 heteroatoms. The number of ether oxygens (including phenoxy) is 1. The molecule has 3 atom stereocenters. The van der Waals surface area contributed by atoms with Crippen LogP contribution >= 0.6 is 0 Å². The highest BCUT2D eigenvalue weighted by Crippen LogP contribution is 2.35. The summed E-state index contributed by atoms with van der Waals surface area (Å²) in [5.74, 6) is 1.62. The van der Waals surface area contributed by atoms with Crippen molar-refractivity contribution in [3.05, 3.63) is 48.0 Å². The SMILES string of the molecule is CC(C)CC(C)CC(C)CC(C)c1ccc(Oc2cccc(S(=O)(=O)O)c2)c(S(=O)(=O)O)c1. The van der Waals surface area contributed by atoms with E-state index in [1.54, 1.807) is 6.07 Å². The van der Waals surface area contributed by atoms with Gasteiger partial charge in [0.05, 0.1) is 4.90 Å². The first-order valence-corrected chi connectivity index (χ1v) is 13.9. The molecule has 7 nitrogen and oxygen atoms in total. The molecule has 0 bridgehead atoms. The fourth-order valence-corrected chi connectivity index (χ4v) is 5.53. The molecule has 0 aliphatic heterocycles. The van der Waals surface area contributed by atoms with Gasteiger partial charge in [0.1, 0.15) is 16.4 Å². The molecule has 2 N–H and O–H groups in total. The maximum absolute atomic E-state index is 12.1. The van der Waals surface area contributed by atoms with Crippen LogP contribution in [0, 0.1) is 17.8 Å². The van der Waals surface area contributed by atoms with E-state index in [4.69, 9.17) is 4.74 Å². The Morgan fingerprint density at radius 2 is 1.42 bits per heavy atom.